The molecular formula is C16H17F2N7. The van der Waals surface area contributed by atoms with E-state index in [0.29, 0.717) is 11.4 Å². The van der Waals surface area contributed by atoms with Gasteiger partial charge in [-0.1, -0.05) is 6.92 Å². The lowest BCUT2D eigenvalue weighted by Crippen LogP contribution is -2.16. The molecule has 0 saturated heterocycles. The number of rotatable bonds is 6. The summed E-state index contributed by atoms with van der Waals surface area (Å²) in [7, 11) is 0. The van der Waals surface area contributed by atoms with E-state index >= 15 is 0 Å². The Balaban J connectivity index is 2.21. The first-order valence-corrected chi connectivity index (χ1v) is 7.24. The number of nitrogens with one attached hydrogen (secondary N) is 2. The van der Waals surface area contributed by atoms with E-state index in [1.807, 2.05) is 6.92 Å². The molecule has 0 amide bonds. The van der Waals surface area contributed by atoms with Crippen LogP contribution < -0.4 is 11.6 Å². The minimum absolute atomic E-state index is 0.0238. The molecule has 0 aliphatic carbocycles. The van der Waals surface area contributed by atoms with E-state index in [0.717, 1.165) is 24.2 Å². The molecule has 0 aliphatic heterocycles. The van der Waals surface area contributed by atoms with Gasteiger partial charge in [-0.2, -0.15) is 5.10 Å². The monoisotopic (exact) mass is 345 g/mol. The van der Waals surface area contributed by atoms with E-state index in [2.05, 4.69) is 20.1 Å². The van der Waals surface area contributed by atoms with E-state index in [1.54, 1.807) is 12.1 Å². The molecule has 1 aromatic heterocycles. The Labute approximate surface area is 142 Å². The van der Waals surface area contributed by atoms with Gasteiger partial charge in [0.05, 0.1) is 23.3 Å². The van der Waals surface area contributed by atoms with E-state index in [4.69, 9.17) is 17.0 Å². The zero-order chi connectivity index (χ0) is 18.4. The fraction of sp³-hybridized carbons (Fsp3) is 0.125. The number of aromatic amines is 1. The lowest BCUT2D eigenvalue weighted by Gasteiger charge is -2.09. The van der Waals surface area contributed by atoms with Crippen molar-refractivity contribution in [2.75, 3.05) is 0 Å². The van der Waals surface area contributed by atoms with Crippen LogP contribution in [0.1, 0.15) is 24.2 Å². The number of halogens is 2. The number of aromatic nitrogens is 1. The first kappa shape index (κ1) is 18.0. The Morgan fingerprint density at radius 1 is 1.28 bits per heavy atom. The Morgan fingerprint density at radius 2 is 2.04 bits per heavy atom. The summed E-state index contributed by atoms with van der Waals surface area (Å²) in [6, 6.07) is 6.56. The molecule has 0 radical (unpaired) electrons. The topological polar surface area (TPSA) is 129 Å². The largest absolute Gasteiger partial charge is 0.382 e. The summed E-state index contributed by atoms with van der Waals surface area (Å²) >= 11 is 0. The highest BCUT2D eigenvalue weighted by Crippen LogP contribution is 2.20. The number of nitrogens with two attached hydrogens (primary N) is 2. The molecule has 130 valence electrons. The first-order valence-electron chi connectivity index (χ1n) is 7.24. The lowest BCUT2D eigenvalue weighted by atomic mass is 10.0. The molecule has 6 N–H and O–H groups in total. The van der Waals surface area contributed by atoms with Crippen LogP contribution in [0.5, 0.6) is 0 Å². The Morgan fingerprint density at radius 3 is 2.68 bits per heavy atom. The number of hydrazone groups is 1. The molecule has 2 aromatic rings. The van der Waals surface area contributed by atoms with Gasteiger partial charge >= 0.3 is 0 Å². The molecule has 1 unspecified atom stereocenters. The predicted molar refractivity (Wildman–Crippen MR) is 94.8 cm³/mol. The van der Waals surface area contributed by atoms with Gasteiger partial charge in [0.15, 0.2) is 5.82 Å². The third-order valence-corrected chi connectivity index (χ3v) is 3.49. The van der Waals surface area contributed by atoms with Gasteiger partial charge in [0, 0.05) is 17.7 Å². The van der Waals surface area contributed by atoms with Crippen LogP contribution in [0.25, 0.3) is 0 Å². The standard InChI is InChI=1S/C16H17F2N7/c1-9(12-4-5-14(24-12)16(20)23-8-19)15(25-21)7-22-13-3-2-10(17)6-11(13)18/h2-9,24H,21H2,1H3,(H3,19,20,23). The fourth-order valence-corrected chi connectivity index (χ4v) is 2.09. The van der Waals surface area contributed by atoms with Crippen molar-refractivity contribution in [1.82, 2.24) is 4.98 Å². The summed E-state index contributed by atoms with van der Waals surface area (Å²) in [6.45, 7) is 1.82. The summed E-state index contributed by atoms with van der Waals surface area (Å²) in [4.78, 5) is 10.7. The van der Waals surface area contributed by atoms with Crippen molar-refractivity contribution in [3.05, 3.63) is 53.4 Å². The third-order valence-electron chi connectivity index (χ3n) is 3.49. The number of H-pyrrole nitrogens is 1. The maximum atomic E-state index is 13.6. The highest BCUT2D eigenvalue weighted by molar-refractivity contribution is 6.33. The van der Waals surface area contributed by atoms with Crippen LogP contribution in [0.2, 0.25) is 0 Å². The van der Waals surface area contributed by atoms with E-state index < -0.39 is 11.6 Å². The SMILES string of the molecule is CC(C(C=Nc1ccc(F)cc1F)=NN)c1ccc(C(N)=NC=N)[nH]1. The van der Waals surface area contributed by atoms with Gasteiger partial charge < -0.3 is 16.6 Å². The van der Waals surface area contributed by atoms with Crippen LogP contribution in [0, 0.1) is 17.0 Å². The molecular weight excluding hydrogens is 328 g/mol. The molecule has 7 nitrogen and oxygen atoms in total. The van der Waals surface area contributed by atoms with E-state index in [-0.39, 0.29) is 17.4 Å². The van der Waals surface area contributed by atoms with Gasteiger partial charge in [-0.3, -0.25) is 10.4 Å². The zero-order valence-electron chi connectivity index (χ0n) is 13.4. The van der Waals surface area contributed by atoms with Gasteiger partial charge in [-0.15, -0.1) is 0 Å². The summed E-state index contributed by atoms with van der Waals surface area (Å²) in [5.74, 6) is 3.82. The van der Waals surface area contributed by atoms with Gasteiger partial charge in [0.25, 0.3) is 0 Å². The summed E-state index contributed by atoms with van der Waals surface area (Å²) < 4.78 is 26.5. The fourth-order valence-electron chi connectivity index (χ4n) is 2.09. The highest BCUT2D eigenvalue weighted by Gasteiger charge is 2.15. The lowest BCUT2D eigenvalue weighted by molar-refractivity contribution is 0.585. The molecule has 25 heavy (non-hydrogen) atoms. The number of aliphatic imine (C=N–C) groups is 2. The average molecular weight is 345 g/mol. The number of hydrogen-bond acceptors (Lipinski definition) is 4. The van der Waals surface area contributed by atoms with Crippen molar-refractivity contribution in [1.29, 1.82) is 5.41 Å². The van der Waals surface area contributed by atoms with Crippen molar-refractivity contribution in [3.8, 4) is 0 Å². The third kappa shape index (κ3) is 4.34. The molecule has 0 spiro atoms. The number of hydrogen-bond donors (Lipinski definition) is 4. The minimum atomic E-state index is -0.780. The predicted octanol–water partition coefficient (Wildman–Crippen LogP) is 2.43. The summed E-state index contributed by atoms with van der Waals surface area (Å²) in [5, 5.41) is 10.6. The van der Waals surface area contributed by atoms with Crippen LogP contribution >= 0.6 is 0 Å². The van der Waals surface area contributed by atoms with Crippen molar-refractivity contribution < 1.29 is 8.78 Å². The zero-order valence-corrected chi connectivity index (χ0v) is 13.4. The van der Waals surface area contributed by atoms with Gasteiger partial charge in [0.2, 0.25) is 0 Å². The van der Waals surface area contributed by atoms with Crippen LogP contribution in [0.4, 0.5) is 14.5 Å². The second-order valence-electron chi connectivity index (χ2n) is 5.10. The molecule has 0 aliphatic rings. The Hall–Kier alpha value is -3.36. The second-order valence-corrected chi connectivity index (χ2v) is 5.10. The Bertz CT molecular complexity index is 852. The van der Waals surface area contributed by atoms with Crippen molar-refractivity contribution >= 4 is 29.8 Å². The second kappa shape index (κ2) is 7.95. The number of nitrogens with zero attached hydrogens (tertiary/aromatic N) is 3. The molecule has 9 heteroatoms. The quantitative estimate of drug-likeness (QED) is 0.277. The Kier molecular flexibility index (Phi) is 5.72. The maximum absolute atomic E-state index is 13.6. The smallest absolute Gasteiger partial charge is 0.151 e. The van der Waals surface area contributed by atoms with Gasteiger partial charge in [0.1, 0.15) is 18.0 Å². The molecule has 0 bridgehead atoms. The molecule has 1 atom stereocenters. The van der Waals surface area contributed by atoms with Crippen LogP contribution in [-0.4, -0.2) is 29.1 Å². The van der Waals surface area contributed by atoms with E-state index in [9.17, 15) is 8.78 Å². The van der Waals surface area contributed by atoms with Gasteiger partial charge in [-0.05, 0) is 24.3 Å². The molecule has 0 fully saturated rings. The van der Waals surface area contributed by atoms with Crippen molar-refractivity contribution in [2.24, 2.45) is 26.7 Å². The first-order chi connectivity index (χ1) is 12.0. The number of amidine groups is 1. The van der Waals surface area contributed by atoms with Crippen molar-refractivity contribution in [2.45, 2.75) is 12.8 Å². The highest BCUT2D eigenvalue weighted by atomic mass is 19.1. The van der Waals surface area contributed by atoms with E-state index in [1.165, 1.54) is 12.3 Å². The van der Waals surface area contributed by atoms with Crippen LogP contribution in [-0.2, 0) is 0 Å². The summed E-state index contributed by atoms with van der Waals surface area (Å²) in [6.07, 6.45) is 2.16. The average Bonchev–Trinajstić information content (AvgIpc) is 3.07. The normalized spacial score (nSPS) is 14.0. The maximum Gasteiger partial charge on any atom is 0.151 e. The molecule has 1 aromatic carbocycles. The molecule has 1 heterocycles. The molecule has 2 rings (SSSR count). The van der Waals surface area contributed by atoms with Crippen LogP contribution in [0.3, 0.4) is 0 Å². The summed E-state index contributed by atoms with van der Waals surface area (Å²) in [5.41, 5.74) is 7.33. The van der Waals surface area contributed by atoms with Crippen LogP contribution in [0.15, 0.2) is 45.4 Å². The van der Waals surface area contributed by atoms with Crippen molar-refractivity contribution in [3.63, 3.8) is 0 Å². The molecule has 0 saturated carbocycles. The number of benzene rings is 1. The minimum Gasteiger partial charge on any atom is -0.382 e. The van der Waals surface area contributed by atoms with Gasteiger partial charge in [-0.25, -0.2) is 13.8 Å².